The van der Waals surface area contributed by atoms with Gasteiger partial charge in [0, 0.05) is 10.9 Å². The average Bonchev–Trinajstić information content (AvgIpc) is 2.42. The lowest BCUT2D eigenvalue weighted by atomic mass is 10.2. The molecule has 2 heterocycles. The molecular formula is C13H9Cl2N5. The number of fused-ring (bicyclic) bond motifs is 1. The van der Waals surface area contributed by atoms with Gasteiger partial charge in [-0.1, -0.05) is 23.2 Å². The van der Waals surface area contributed by atoms with E-state index in [2.05, 4.69) is 15.0 Å². The van der Waals surface area contributed by atoms with Crippen LogP contribution in [-0.4, -0.2) is 15.0 Å². The van der Waals surface area contributed by atoms with Crippen LogP contribution in [0.2, 0.25) is 10.0 Å². The first-order valence-corrected chi connectivity index (χ1v) is 6.44. The fourth-order valence-electron chi connectivity index (χ4n) is 1.84. The summed E-state index contributed by atoms with van der Waals surface area (Å²) in [6, 6.07) is 6.79. The fourth-order valence-corrected chi connectivity index (χ4v) is 2.13. The minimum atomic E-state index is 0.338. The molecule has 4 N–H and O–H groups in total. The van der Waals surface area contributed by atoms with Crippen LogP contribution in [0.4, 0.5) is 11.6 Å². The standard InChI is InChI=1S/C13H9Cl2N5/c14-8-2-1-6(3-9(8)15)13-19-10-5-18-11(16)4-7(10)12(17)20-13/h1-5H,(H2,16,18)(H2,17,19,20). The van der Waals surface area contributed by atoms with Crippen molar-refractivity contribution in [3.63, 3.8) is 0 Å². The van der Waals surface area contributed by atoms with Crippen molar-refractivity contribution in [2.24, 2.45) is 0 Å². The van der Waals surface area contributed by atoms with Crippen molar-refractivity contribution in [2.45, 2.75) is 0 Å². The van der Waals surface area contributed by atoms with Crippen LogP contribution in [0, 0.1) is 0 Å². The predicted molar refractivity (Wildman–Crippen MR) is 81.6 cm³/mol. The number of halogens is 2. The van der Waals surface area contributed by atoms with Crippen molar-refractivity contribution in [1.29, 1.82) is 0 Å². The molecule has 0 aliphatic carbocycles. The molecule has 0 fully saturated rings. The molecule has 0 aliphatic heterocycles. The van der Waals surface area contributed by atoms with E-state index in [9.17, 15) is 0 Å². The molecule has 5 nitrogen and oxygen atoms in total. The molecule has 1 aromatic carbocycles. The lowest BCUT2D eigenvalue weighted by Crippen LogP contribution is -1.99. The van der Waals surface area contributed by atoms with Crippen molar-refractivity contribution in [2.75, 3.05) is 11.5 Å². The fraction of sp³-hybridized carbons (Fsp3) is 0. The third-order valence-electron chi connectivity index (χ3n) is 2.81. The van der Waals surface area contributed by atoms with Gasteiger partial charge in [-0.3, -0.25) is 0 Å². The van der Waals surface area contributed by atoms with Crippen molar-refractivity contribution >= 4 is 45.7 Å². The van der Waals surface area contributed by atoms with Crippen LogP contribution in [0.25, 0.3) is 22.3 Å². The Kier molecular flexibility index (Phi) is 3.08. The van der Waals surface area contributed by atoms with E-state index >= 15 is 0 Å². The van der Waals surface area contributed by atoms with Crippen LogP contribution in [-0.2, 0) is 0 Å². The molecule has 0 aliphatic rings. The third kappa shape index (κ3) is 2.21. The summed E-state index contributed by atoms with van der Waals surface area (Å²) in [6.07, 6.45) is 1.56. The molecule has 0 radical (unpaired) electrons. The minimum absolute atomic E-state index is 0.338. The minimum Gasteiger partial charge on any atom is -0.384 e. The Balaban J connectivity index is 2.21. The van der Waals surface area contributed by atoms with Crippen molar-refractivity contribution in [3.8, 4) is 11.4 Å². The summed E-state index contributed by atoms with van der Waals surface area (Å²) in [5, 5.41) is 1.57. The average molecular weight is 306 g/mol. The van der Waals surface area contributed by atoms with E-state index in [0.717, 1.165) is 5.56 Å². The lowest BCUT2D eigenvalue weighted by molar-refractivity contribution is 1.22. The summed E-state index contributed by atoms with van der Waals surface area (Å²) in [5.41, 5.74) is 12.9. The van der Waals surface area contributed by atoms with Crippen molar-refractivity contribution in [1.82, 2.24) is 15.0 Å². The van der Waals surface area contributed by atoms with Crippen LogP contribution >= 0.6 is 23.2 Å². The molecule has 0 atom stereocenters. The molecule has 0 bridgehead atoms. The van der Waals surface area contributed by atoms with Crippen LogP contribution < -0.4 is 11.5 Å². The van der Waals surface area contributed by atoms with E-state index in [1.165, 1.54) is 0 Å². The topological polar surface area (TPSA) is 90.7 Å². The quantitative estimate of drug-likeness (QED) is 0.720. The monoisotopic (exact) mass is 305 g/mol. The summed E-state index contributed by atoms with van der Waals surface area (Å²) in [4.78, 5) is 12.7. The van der Waals surface area contributed by atoms with Crippen molar-refractivity contribution in [3.05, 3.63) is 40.5 Å². The summed E-state index contributed by atoms with van der Waals surface area (Å²) >= 11 is 11.9. The highest BCUT2D eigenvalue weighted by Gasteiger charge is 2.09. The van der Waals surface area contributed by atoms with Gasteiger partial charge in [-0.05, 0) is 24.3 Å². The maximum Gasteiger partial charge on any atom is 0.162 e. The number of nitrogens with two attached hydrogens (primary N) is 2. The third-order valence-corrected chi connectivity index (χ3v) is 3.55. The zero-order valence-electron chi connectivity index (χ0n) is 10.1. The zero-order chi connectivity index (χ0) is 14.3. The first-order valence-electron chi connectivity index (χ1n) is 5.69. The lowest BCUT2D eigenvalue weighted by Gasteiger charge is -2.06. The number of hydrogen-bond donors (Lipinski definition) is 2. The largest absolute Gasteiger partial charge is 0.384 e. The molecule has 0 saturated carbocycles. The van der Waals surface area contributed by atoms with Gasteiger partial charge in [0.05, 0.1) is 21.8 Å². The number of anilines is 2. The molecule has 0 unspecified atom stereocenters. The van der Waals surface area contributed by atoms with Gasteiger partial charge >= 0.3 is 0 Å². The van der Waals surface area contributed by atoms with Gasteiger partial charge in [0.2, 0.25) is 0 Å². The van der Waals surface area contributed by atoms with Gasteiger partial charge in [0.15, 0.2) is 5.82 Å². The molecule has 20 heavy (non-hydrogen) atoms. The normalized spacial score (nSPS) is 10.9. The van der Waals surface area contributed by atoms with E-state index in [4.69, 9.17) is 34.7 Å². The number of benzene rings is 1. The first kappa shape index (κ1) is 12.9. The van der Waals surface area contributed by atoms with E-state index in [-0.39, 0.29) is 0 Å². The molecule has 0 spiro atoms. The molecule has 100 valence electrons. The van der Waals surface area contributed by atoms with Crippen LogP contribution in [0.1, 0.15) is 0 Å². The number of nitrogens with zero attached hydrogens (tertiary/aromatic N) is 3. The van der Waals surface area contributed by atoms with Gasteiger partial charge < -0.3 is 11.5 Å². The van der Waals surface area contributed by atoms with Gasteiger partial charge in [0.25, 0.3) is 0 Å². The highest BCUT2D eigenvalue weighted by atomic mass is 35.5. The highest BCUT2D eigenvalue weighted by Crippen LogP contribution is 2.29. The number of nitrogen functional groups attached to an aromatic ring is 2. The van der Waals surface area contributed by atoms with Crippen LogP contribution in [0.5, 0.6) is 0 Å². The number of aromatic nitrogens is 3. The van der Waals surface area contributed by atoms with Crippen molar-refractivity contribution < 1.29 is 0 Å². The van der Waals surface area contributed by atoms with Gasteiger partial charge in [-0.2, -0.15) is 0 Å². The Bertz CT molecular complexity index is 819. The maximum absolute atomic E-state index is 5.99. The summed E-state index contributed by atoms with van der Waals surface area (Å²) in [5.74, 6) is 1.17. The van der Waals surface area contributed by atoms with E-state index < -0.39 is 0 Å². The highest BCUT2D eigenvalue weighted by molar-refractivity contribution is 6.42. The molecule has 3 rings (SSSR count). The second-order valence-corrected chi connectivity index (χ2v) is 5.00. The summed E-state index contributed by atoms with van der Waals surface area (Å²) in [6.45, 7) is 0. The second-order valence-electron chi connectivity index (χ2n) is 4.19. The Morgan fingerprint density at radius 3 is 2.50 bits per heavy atom. The molecule has 0 amide bonds. The molecular weight excluding hydrogens is 297 g/mol. The SMILES string of the molecule is Nc1cc2c(N)nc(-c3ccc(Cl)c(Cl)c3)nc2cn1. The predicted octanol–water partition coefficient (Wildman–Crippen LogP) is 3.16. The van der Waals surface area contributed by atoms with Crippen LogP contribution in [0.3, 0.4) is 0 Å². The molecule has 3 aromatic rings. The Labute approximate surface area is 124 Å². The smallest absolute Gasteiger partial charge is 0.162 e. The Morgan fingerprint density at radius 1 is 0.950 bits per heavy atom. The number of rotatable bonds is 1. The molecule has 2 aromatic heterocycles. The first-order chi connectivity index (χ1) is 9.54. The Hall–Kier alpha value is -2.11. The molecule has 7 heteroatoms. The van der Waals surface area contributed by atoms with E-state index in [1.807, 2.05) is 0 Å². The van der Waals surface area contributed by atoms with Gasteiger partial charge in [0.1, 0.15) is 11.6 Å². The zero-order valence-corrected chi connectivity index (χ0v) is 11.7. The Morgan fingerprint density at radius 2 is 1.75 bits per heavy atom. The van der Waals surface area contributed by atoms with E-state index in [0.29, 0.717) is 38.4 Å². The second kappa shape index (κ2) is 4.77. The van der Waals surface area contributed by atoms with Gasteiger partial charge in [-0.25, -0.2) is 15.0 Å². The van der Waals surface area contributed by atoms with Gasteiger partial charge in [-0.15, -0.1) is 0 Å². The van der Waals surface area contributed by atoms with Crippen LogP contribution in [0.15, 0.2) is 30.5 Å². The molecule has 0 saturated heterocycles. The number of pyridine rings is 1. The summed E-state index contributed by atoms with van der Waals surface area (Å²) < 4.78 is 0. The summed E-state index contributed by atoms with van der Waals surface area (Å²) in [7, 11) is 0. The maximum atomic E-state index is 5.99. The number of hydrogen-bond acceptors (Lipinski definition) is 5. The van der Waals surface area contributed by atoms with E-state index in [1.54, 1.807) is 30.5 Å².